The predicted molar refractivity (Wildman–Crippen MR) is 105 cm³/mol. The zero-order valence-corrected chi connectivity index (χ0v) is 15.5. The Balaban J connectivity index is 1.78. The molecule has 1 unspecified atom stereocenters. The van der Waals surface area contributed by atoms with Gasteiger partial charge in [0.25, 0.3) is 0 Å². The van der Waals surface area contributed by atoms with Crippen molar-refractivity contribution in [3.63, 3.8) is 0 Å². The molecular formula is C21H23FN4O. The number of likely N-dealkylation sites (N-methyl/N-ethyl adjacent to an activating group) is 1. The number of halogens is 1. The Morgan fingerprint density at radius 3 is 2.74 bits per heavy atom. The second-order valence-electron chi connectivity index (χ2n) is 7.31. The second-order valence-corrected chi connectivity index (χ2v) is 7.31. The number of phenols is 1. The van der Waals surface area contributed by atoms with E-state index in [4.69, 9.17) is 0 Å². The van der Waals surface area contributed by atoms with Crippen molar-refractivity contribution in [2.45, 2.75) is 25.8 Å². The average Bonchev–Trinajstić information content (AvgIpc) is 2.65. The lowest BCUT2D eigenvalue weighted by molar-refractivity contribution is 0.261. The van der Waals surface area contributed by atoms with Gasteiger partial charge in [0, 0.05) is 28.9 Å². The number of fused-ring (bicyclic) bond motifs is 1. The smallest absolute Gasteiger partial charge is 0.156 e. The van der Waals surface area contributed by atoms with Gasteiger partial charge in [-0.15, -0.1) is 10.2 Å². The molecule has 0 spiro atoms. The number of anilines is 1. The summed E-state index contributed by atoms with van der Waals surface area (Å²) >= 11 is 0. The molecule has 1 fully saturated rings. The fourth-order valence-electron chi connectivity index (χ4n) is 3.74. The van der Waals surface area contributed by atoms with Gasteiger partial charge < -0.3 is 15.3 Å². The normalized spacial score (nSPS) is 18.0. The van der Waals surface area contributed by atoms with Gasteiger partial charge in [-0.2, -0.15) is 0 Å². The van der Waals surface area contributed by atoms with Crippen LogP contribution < -0.4 is 5.32 Å². The van der Waals surface area contributed by atoms with Gasteiger partial charge in [0.15, 0.2) is 5.82 Å². The Bertz CT molecular complexity index is 991. The van der Waals surface area contributed by atoms with Crippen LogP contribution in [-0.2, 0) is 0 Å². The maximum Gasteiger partial charge on any atom is 0.156 e. The van der Waals surface area contributed by atoms with Crippen molar-refractivity contribution >= 4 is 16.6 Å². The maximum absolute atomic E-state index is 14.1. The number of hydrogen-bond acceptors (Lipinski definition) is 5. The first-order valence-corrected chi connectivity index (χ1v) is 9.23. The van der Waals surface area contributed by atoms with E-state index in [1.165, 1.54) is 12.1 Å². The minimum atomic E-state index is -0.374. The zero-order valence-electron chi connectivity index (χ0n) is 15.5. The van der Waals surface area contributed by atoms with E-state index in [9.17, 15) is 9.50 Å². The fraction of sp³-hybridized carbons (Fsp3) is 0.333. The van der Waals surface area contributed by atoms with E-state index in [1.54, 1.807) is 6.92 Å². The van der Waals surface area contributed by atoms with Crippen molar-refractivity contribution in [2.24, 2.45) is 0 Å². The summed E-state index contributed by atoms with van der Waals surface area (Å²) in [6.07, 6.45) is 2.24. The molecular weight excluding hydrogens is 343 g/mol. The minimum absolute atomic E-state index is 0.00275. The molecule has 2 N–H and O–H groups in total. The highest BCUT2D eigenvalue weighted by Crippen LogP contribution is 2.36. The number of benzene rings is 2. The zero-order chi connectivity index (χ0) is 19.0. The molecule has 2 aromatic carbocycles. The van der Waals surface area contributed by atoms with Crippen molar-refractivity contribution in [2.75, 3.05) is 25.5 Å². The largest absolute Gasteiger partial charge is 0.507 e. The topological polar surface area (TPSA) is 61.3 Å². The molecule has 0 bridgehead atoms. The van der Waals surface area contributed by atoms with Crippen LogP contribution in [0.15, 0.2) is 36.4 Å². The van der Waals surface area contributed by atoms with Gasteiger partial charge in [0.1, 0.15) is 17.3 Å². The number of aromatic hydroxyl groups is 1. The SMILES string of the molecule is Cc1cc(O)c(-c2nnc(NC3CCCN(C)C3)c3ccccc23)cc1F. The summed E-state index contributed by atoms with van der Waals surface area (Å²) in [5.41, 5.74) is 1.23. The first kappa shape index (κ1) is 17.7. The molecule has 2 heterocycles. The van der Waals surface area contributed by atoms with Crippen LogP contribution in [0.3, 0.4) is 0 Å². The molecule has 27 heavy (non-hydrogen) atoms. The Kier molecular flexibility index (Phi) is 4.66. The van der Waals surface area contributed by atoms with Crippen molar-refractivity contribution in [1.82, 2.24) is 15.1 Å². The van der Waals surface area contributed by atoms with Crippen LogP contribution in [0, 0.1) is 12.7 Å². The van der Waals surface area contributed by atoms with Crippen LogP contribution in [0.25, 0.3) is 22.0 Å². The second kappa shape index (κ2) is 7.12. The molecule has 1 saturated heterocycles. The Labute approximate surface area is 157 Å². The first-order chi connectivity index (χ1) is 13.0. The molecule has 0 amide bonds. The van der Waals surface area contributed by atoms with Gasteiger partial charge in [-0.05, 0) is 51.1 Å². The van der Waals surface area contributed by atoms with Crippen LogP contribution >= 0.6 is 0 Å². The average molecular weight is 366 g/mol. The molecule has 1 aromatic heterocycles. The van der Waals surface area contributed by atoms with Crippen molar-refractivity contribution in [3.05, 3.63) is 47.8 Å². The van der Waals surface area contributed by atoms with Crippen LogP contribution in [0.1, 0.15) is 18.4 Å². The lowest BCUT2D eigenvalue weighted by atomic mass is 10.0. The third-order valence-electron chi connectivity index (χ3n) is 5.18. The number of phenolic OH excluding ortho intramolecular Hbond substituents is 1. The third kappa shape index (κ3) is 3.45. The van der Waals surface area contributed by atoms with E-state index in [0.717, 1.165) is 42.5 Å². The Morgan fingerprint density at radius 2 is 1.96 bits per heavy atom. The lowest BCUT2D eigenvalue weighted by Crippen LogP contribution is -2.40. The summed E-state index contributed by atoms with van der Waals surface area (Å²) in [6, 6.07) is 10.8. The Morgan fingerprint density at radius 1 is 1.19 bits per heavy atom. The minimum Gasteiger partial charge on any atom is -0.507 e. The number of piperidine rings is 1. The van der Waals surface area contributed by atoms with Gasteiger partial charge >= 0.3 is 0 Å². The van der Waals surface area contributed by atoms with Crippen LogP contribution in [0.2, 0.25) is 0 Å². The molecule has 3 aromatic rings. The molecule has 1 aliphatic heterocycles. The molecule has 0 radical (unpaired) electrons. The van der Waals surface area contributed by atoms with Crippen molar-refractivity contribution in [1.29, 1.82) is 0 Å². The van der Waals surface area contributed by atoms with E-state index in [2.05, 4.69) is 27.5 Å². The van der Waals surface area contributed by atoms with Gasteiger partial charge in [-0.1, -0.05) is 24.3 Å². The predicted octanol–water partition coefficient (Wildman–Crippen LogP) is 3.96. The highest BCUT2D eigenvalue weighted by Gasteiger charge is 2.20. The van der Waals surface area contributed by atoms with Gasteiger partial charge in [-0.25, -0.2) is 4.39 Å². The third-order valence-corrected chi connectivity index (χ3v) is 5.18. The number of nitrogens with one attached hydrogen (secondary N) is 1. The fourth-order valence-corrected chi connectivity index (χ4v) is 3.74. The van der Waals surface area contributed by atoms with Crippen molar-refractivity contribution in [3.8, 4) is 17.0 Å². The summed E-state index contributed by atoms with van der Waals surface area (Å²) in [5, 5.41) is 24.3. The number of likely N-dealkylation sites (tertiary alicyclic amines) is 1. The molecule has 0 aliphatic carbocycles. The summed E-state index contributed by atoms with van der Waals surface area (Å²) < 4.78 is 14.1. The molecule has 1 aliphatic rings. The van der Waals surface area contributed by atoms with Gasteiger partial charge in [0.2, 0.25) is 0 Å². The number of aryl methyl sites for hydroxylation is 1. The maximum atomic E-state index is 14.1. The van der Waals surface area contributed by atoms with Crippen LogP contribution in [-0.4, -0.2) is 46.4 Å². The summed E-state index contributed by atoms with van der Waals surface area (Å²) in [5.74, 6) is 0.353. The molecule has 1 atom stereocenters. The van der Waals surface area contributed by atoms with Gasteiger partial charge in [-0.3, -0.25) is 0 Å². The quantitative estimate of drug-likeness (QED) is 0.735. The summed E-state index contributed by atoms with van der Waals surface area (Å²) in [4.78, 5) is 2.30. The molecule has 6 heteroatoms. The standard InChI is InChI=1S/C21H23FN4O/c1-13-10-19(27)17(11-18(13)22)20-15-7-3-4-8-16(15)21(25-24-20)23-14-6-5-9-26(2)12-14/h3-4,7-8,10-11,14,27H,5-6,9,12H2,1-2H3,(H,23,25). The first-order valence-electron chi connectivity index (χ1n) is 9.23. The van der Waals surface area contributed by atoms with Crippen LogP contribution in [0.4, 0.5) is 10.2 Å². The van der Waals surface area contributed by atoms with E-state index < -0.39 is 0 Å². The summed E-state index contributed by atoms with van der Waals surface area (Å²) in [7, 11) is 2.12. The Hall–Kier alpha value is -2.73. The highest BCUT2D eigenvalue weighted by atomic mass is 19.1. The van der Waals surface area contributed by atoms with E-state index in [0.29, 0.717) is 22.9 Å². The number of aromatic nitrogens is 2. The van der Waals surface area contributed by atoms with E-state index in [1.807, 2.05) is 24.3 Å². The highest BCUT2D eigenvalue weighted by molar-refractivity contribution is 6.00. The van der Waals surface area contributed by atoms with E-state index in [-0.39, 0.29) is 11.6 Å². The number of hydrogen-bond donors (Lipinski definition) is 2. The number of rotatable bonds is 3. The van der Waals surface area contributed by atoms with Crippen LogP contribution in [0.5, 0.6) is 5.75 Å². The van der Waals surface area contributed by atoms with E-state index >= 15 is 0 Å². The summed E-state index contributed by atoms with van der Waals surface area (Å²) in [6.45, 7) is 3.69. The molecule has 5 nitrogen and oxygen atoms in total. The molecule has 0 saturated carbocycles. The van der Waals surface area contributed by atoms with Gasteiger partial charge in [0.05, 0.1) is 0 Å². The number of nitrogens with zero attached hydrogens (tertiary/aromatic N) is 3. The van der Waals surface area contributed by atoms with Crippen molar-refractivity contribution < 1.29 is 9.50 Å². The monoisotopic (exact) mass is 366 g/mol. The molecule has 4 rings (SSSR count). The molecule has 140 valence electrons. The lowest BCUT2D eigenvalue weighted by Gasteiger charge is -2.30.